The van der Waals surface area contributed by atoms with Crippen molar-refractivity contribution < 1.29 is 9.84 Å². The van der Waals surface area contributed by atoms with Crippen molar-refractivity contribution in [3.05, 3.63) is 0 Å². The highest BCUT2D eigenvalue weighted by Gasteiger charge is 2.13. The highest BCUT2D eigenvalue weighted by Crippen LogP contribution is 2.07. The predicted octanol–water partition coefficient (Wildman–Crippen LogP) is -0.00510. The number of nitrogens with one attached hydrogen (secondary N) is 1. The van der Waals surface area contributed by atoms with Gasteiger partial charge in [0, 0.05) is 19.8 Å². The van der Waals surface area contributed by atoms with Crippen molar-refractivity contribution in [1.29, 1.82) is 0 Å². The van der Waals surface area contributed by atoms with E-state index >= 15 is 0 Å². The summed E-state index contributed by atoms with van der Waals surface area (Å²) in [7, 11) is 0. The first-order valence-electron chi connectivity index (χ1n) is 4.33. The van der Waals surface area contributed by atoms with Crippen molar-refractivity contribution >= 4 is 0 Å². The molecular formula is C8H17NO2. The number of aliphatic hydroxyl groups excluding tert-OH is 1. The van der Waals surface area contributed by atoms with Crippen LogP contribution in [0.15, 0.2) is 0 Å². The standard InChI is InChI=1S/C8H17NO2/c10-4-1-5-11-7-8-2-3-9-6-8/h8-10H,1-7H2. The molecule has 1 atom stereocenters. The van der Waals surface area contributed by atoms with E-state index in [0.29, 0.717) is 12.5 Å². The topological polar surface area (TPSA) is 41.5 Å². The van der Waals surface area contributed by atoms with Crippen LogP contribution in [-0.4, -0.2) is 38.0 Å². The lowest BCUT2D eigenvalue weighted by Gasteiger charge is -2.07. The van der Waals surface area contributed by atoms with Gasteiger partial charge >= 0.3 is 0 Å². The van der Waals surface area contributed by atoms with E-state index < -0.39 is 0 Å². The zero-order chi connectivity index (χ0) is 7.94. The van der Waals surface area contributed by atoms with E-state index in [2.05, 4.69) is 5.32 Å². The average Bonchev–Trinajstić information content (AvgIpc) is 2.50. The van der Waals surface area contributed by atoms with Gasteiger partial charge in [0.05, 0.1) is 6.61 Å². The maximum atomic E-state index is 8.47. The molecule has 3 nitrogen and oxygen atoms in total. The van der Waals surface area contributed by atoms with Gasteiger partial charge in [0.25, 0.3) is 0 Å². The highest BCUT2D eigenvalue weighted by molar-refractivity contribution is 4.69. The zero-order valence-corrected chi connectivity index (χ0v) is 6.88. The Morgan fingerprint density at radius 1 is 1.55 bits per heavy atom. The summed E-state index contributed by atoms with van der Waals surface area (Å²) in [5.41, 5.74) is 0. The molecule has 1 aliphatic rings. The van der Waals surface area contributed by atoms with E-state index in [1.807, 2.05) is 0 Å². The summed E-state index contributed by atoms with van der Waals surface area (Å²) in [6, 6.07) is 0. The van der Waals surface area contributed by atoms with Crippen LogP contribution >= 0.6 is 0 Å². The summed E-state index contributed by atoms with van der Waals surface area (Å²) in [6.07, 6.45) is 2.00. The molecule has 1 heterocycles. The molecule has 0 aromatic heterocycles. The molecule has 1 fully saturated rings. The maximum absolute atomic E-state index is 8.47. The third-order valence-corrected chi connectivity index (χ3v) is 1.96. The largest absolute Gasteiger partial charge is 0.396 e. The van der Waals surface area contributed by atoms with Crippen LogP contribution in [0.5, 0.6) is 0 Å². The van der Waals surface area contributed by atoms with Gasteiger partial charge in [-0.25, -0.2) is 0 Å². The molecule has 3 heteroatoms. The first-order chi connectivity index (χ1) is 5.43. The Labute approximate surface area is 67.7 Å². The zero-order valence-electron chi connectivity index (χ0n) is 6.88. The number of aliphatic hydroxyl groups is 1. The molecule has 2 N–H and O–H groups in total. The molecule has 0 spiro atoms. The Bertz CT molecular complexity index is 92.1. The summed E-state index contributed by atoms with van der Waals surface area (Å²) < 4.78 is 5.36. The molecule has 0 saturated carbocycles. The van der Waals surface area contributed by atoms with Crippen molar-refractivity contribution in [3.8, 4) is 0 Å². The number of hydrogen-bond donors (Lipinski definition) is 2. The van der Waals surface area contributed by atoms with Crippen LogP contribution < -0.4 is 5.32 Å². The van der Waals surface area contributed by atoms with E-state index in [9.17, 15) is 0 Å². The fraction of sp³-hybridized carbons (Fsp3) is 1.00. The Balaban J connectivity index is 1.86. The van der Waals surface area contributed by atoms with E-state index in [4.69, 9.17) is 9.84 Å². The van der Waals surface area contributed by atoms with Gasteiger partial charge in [0.2, 0.25) is 0 Å². The molecule has 66 valence electrons. The molecule has 1 aliphatic heterocycles. The normalized spacial score (nSPS) is 24.3. The van der Waals surface area contributed by atoms with Gasteiger partial charge in [-0.1, -0.05) is 0 Å². The van der Waals surface area contributed by atoms with Crippen LogP contribution in [0.2, 0.25) is 0 Å². The first kappa shape index (κ1) is 8.97. The fourth-order valence-electron chi connectivity index (χ4n) is 1.27. The minimum Gasteiger partial charge on any atom is -0.396 e. The number of rotatable bonds is 5. The van der Waals surface area contributed by atoms with Crippen molar-refractivity contribution in [2.75, 3.05) is 32.9 Å². The third kappa shape index (κ3) is 3.70. The van der Waals surface area contributed by atoms with Crippen molar-refractivity contribution in [2.45, 2.75) is 12.8 Å². The Kier molecular flexibility index (Phi) is 4.50. The van der Waals surface area contributed by atoms with E-state index in [1.54, 1.807) is 0 Å². The molecule has 0 aliphatic carbocycles. The molecule has 1 rings (SSSR count). The molecule has 0 aromatic carbocycles. The molecule has 1 saturated heterocycles. The third-order valence-electron chi connectivity index (χ3n) is 1.96. The highest BCUT2D eigenvalue weighted by atomic mass is 16.5. The van der Waals surface area contributed by atoms with E-state index in [-0.39, 0.29) is 6.61 Å². The molecule has 1 unspecified atom stereocenters. The average molecular weight is 159 g/mol. The maximum Gasteiger partial charge on any atom is 0.0506 e. The summed E-state index contributed by atoms with van der Waals surface area (Å²) in [5.74, 6) is 0.702. The Hall–Kier alpha value is -0.120. The van der Waals surface area contributed by atoms with Crippen molar-refractivity contribution in [1.82, 2.24) is 5.32 Å². The number of ether oxygens (including phenoxy) is 1. The van der Waals surface area contributed by atoms with Gasteiger partial charge in [0.15, 0.2) is 0 Å². The van der Waals surface area contributed by atoms with Crippen LogP contribution in [0.25, 0.3) is 0 Å². The monoisotopic (exact) mass is 159 g/mol. The lowest BCUT2D eigenvalue weighted by atomic mass is 10.1. The van der Waals surface area contributed by atoms with Gasteiger partial charge in [-0.05, 0) is 25.3 Å². The van der Waals surface area contributed by atoms with Gasteiger partial charge < -0.3 is 15.2 Å². The lowest BCUT2D eigenvalue weighted by Crippen LogP contribution is -2.14. The summed E-state index contributed by atoms with van der Waals surface area (Å²) >= 11 is 0. The summed E-state index contributed by atoms with van der Waals surface area (Å²) in [5, 5.41) is 11.7. The summed E-state index contributed by atoms with van der Waals surface area (Å²) in [6.45, 7) is 4.02. The Morgan fingerprint density at radius 2 is 2.45 bits per heavy atom. The SMILES string of the molecule is OCCCOCC1CCNC1. The van der Waals surface area contributed by atoms with Gasteiger partial charge in [-0.3, -0.25) is 0 Å². The number of hydrogen-bond acceptors (Lipinski definition) is 3. The summed E-state index contributed by atoms with van der Waals surface area (Å²) in [4.78, 5) is 0. The second kappa shape index (κ2) is 5.52. The smallest absolute Gasteiger partial charge is 0.0506 e. The first-order valence-corrected chi connectivity index (χ1v) is 4.33. The van der Waals surface area contributed by atoms with Crippen LogP contribution in [0, 0.1) is 5.92 Å². The molecule has 0 aromatic rings. The van der Waals surface area contributed by atoms with Crippen LogP contribution in [-0.2, 0) is 4.74 Å². The van der Waals surface area contributed by atoms with Crippen LogP contribution in [0.4, 0.5) is 0 Å². The quantitative estimate of drug-likeness (QED) is 0.555. The van der Waals surface area contributed by atoms with Gasteiger partial charge in [0.1, 0.15) is 0 Å². The second-order valence-corrected chi connectivity index (χ2v) is 3.01. The van der Waals surface area contributed by atoms with Gasteiger partial charge in [-0.15, -0.1) is 0 Å². The van der Waals surface area contributed by atoms with E-state index in [0.717, 1.165) is 26.1 Å². The van der Waals surface area contributed by atoms with E-state index in [1.165, 1.54) is 6.42 Å². The fourth-order valence-corrected chi connectivity index (χ4v) is 1.27. The van der Waals surface area contributed by atoms with Gasteiger partial charge in [-0.2, -0.15) is 0 Å². The van der Waals surface area contributed by atoms with Crippen LogP contribution in [0.1, 0.15) is 12.8 Å². The molecule has 0 amide bonds. The van der Waals surface area contributed by atoms with Crippen molar-refractivity contribution in [3.63, 3.8) is 0 Å². The minimum atomic E-state index is 0.239. The lowest BCUT2D eigenvalue weighted by molar-refractivity contribution is 0.0915. The molecular weight excluding hydrogens is 142 g/mol. The minimum absolute atomic E-state index is 0.239. The van der Waals surface area contributed by atoms with Crippen molar-refractivity contribution in [2.24, 2.45) is 5.92 Å². The predicted molar refractivity (Wildman–Crippen MR) is 43.5 cm³/mol. The Morgan fingerprint density at radius 3 is 3.09 bits per heavy atom. The molecule has 0 radical (unpaired) electrons. The van der Waals surface area contributed by atoms with Crippen LogP contribution in [0.3, 0.4) is 0 Å². The molecule has 11 heavy (non-hydrogen) atoms. The second-order valence-electron chi connectivity index (χ2n) is 3.01. The molecule has 0 bridgehead atoms.